The molecule has 1 aliphatic rings. The highest BCUT2D eigenvalue weighted by atomic mass is 32.2. The first-order valence-electron chi connectivity index (χ1n) is 8.36. The number of carbonyl (C=O) groups is 2. The summed E-state index contributed by atoms with van der Waals surface area (Å²) in [7, 11) is 0. The van der Waals surface area contributed by atoms with E-state index in [1.54, 1.807) is 18.2 Å². The Morgan fingerprint density at radius 3 is 2.69 bits per heavy atom. The van der Waals surface area contributed by atoms with Gasteiger partial charge in [-0.3, -0.25) is 9.69 Å². The largest absolute Gasteiger partial charge is 0.329 e. The van der Waals surface area contributed by atoms with Crippen molar-refractivity contribution in [2.45, 2.75) is 25.5 Å². The molecule has 9 heteroatoms. The van der Waals surface area contributed by atoms with Gasteiger partial charge in [0.1, 0.15) is 5.82 Å². The molecule has 0 atom stereocenters. The molecule has 1 N–H and O–H groups in total. The number of nitrogens with one attached hydrogen (secondary N) is 1. The number of benzene rings is 1. The highest BCUT2D eigenvalue weighted by molar-refractivity contribution is 7.99. The maximum atomic E-state index is 14.2. The van der Waals surface area contributed by atoms with Gasteiger partial charge in [-0.05, 0) is 18.1 Å². The first-order chi connectivity index (χ1) is 12.5. The van der Waals surface area contributed by atoms with Crippen LogP contribution in [0.3, 0.4) is 0 Å². The number of rotatable bonds is 7. The van der Waals surface area contributed by atoms with E-state index in [9.17, 15) is 14.0 Å². The Morgan fingerprint density at radius 1 is 1.27 bits per heavy atom. The highest BCUT2D eigenvalue weighted by Gasteiger charge is 2.28. The van der Waals surface area contributed by atoms with Crippen molar-refractivity contribution < 1.29 is 14.0 Å². The van der Waals surface area contributed by atoms with Gasteiger partial charge < -0.3 is 9.88 Å². The van der Waals surface area contributed by atoms with Crippen molar-refractivity contribution in [3.63, 3.8) is 0 Å². The molecule has 1 aliphatic heterocycles. The van der Waals surface area contributed by atoms with Gasteiger partial charge in [0.2, 0.25) is 5.91 Å². The fraction of sp³-hybridized carbons (Fsp3) is 0.412. The number of hydrogen-bond acceptors (Lipinski definition) is 5. The molecule has 0 saturated carbocycles. The van der Waals surface area contributed by atoms with E-state index >= 15 is 0 Å². The Balaban J connectivity index is 1.78. The van der Waals surface area contributed by atoms with E-state index in [4.69, 9.17) is 0 Å². The third kappa shape index (κ3) is 3.87. The number of thioether (sulfide) groups is 1. The predicted molar refractivity (Wildman–Crippen MR) is 96.1 cm³/mol. The zero-order valence-electron chi connectivity index (χ0n) is 14.6. The van der Waals surface area contributed by atoms with Crippen LogP contribution in [0.25, 0.3) is 11.4 Å². The van der Waals surface area contributed by atoms with Crippen LogP contribution in [0.15, 0.2) is 29.4 Å². The molecule has 0 aliphatic carbocycles. The summed E-state index contributed by atoms with van der Waals surface area (Å²) in [4.78, 5) is 24.4. The average Bonchev–Trinajstić information content (AvgIpc) is 3.13. The van der Waals surface area contributed by atoms with Crippen molar-refractivity contribution in [1.82, 2.24) is 25.0 Å². The molecule has 26 heavy (non-hydrogen) atoms. The summed E-state index contributed by atoms with van der Waals surface area (Å²) in [5.74, 6) is 0.718. The van der Waals surface area contributed by atoms with Crippen molar-refractivity contribution in [2.75, 3.05) is 18.8 Å². The van der Waals surface area contributed by atoms with E-state index in [-0.39, 0.29) is 24.3 Å². The number of nitrogens with zero attached hydrogens (tertiary/aromatic N) is 4. The summed E-state index contributed by atoms with van der Waals surface area (Å²) in [6.45, 7) is 5.10. The minimum Gasteiger partial charge on any atom is -0.329 e. The number of amides is 3. The molecule has 1 fully saturated rings. The van der Waals surface area contributed by atoms with Crippen LogP contribution in [0.5, 0.6) is 0 Å². The van der Waals surface area contributed by atoms with Crippen LogP contribution >= 0.6 is 11.8 Å². The fourth-order valence-corrected chi connectivity index (χ4v) is 3.55. The third-order valence-corrected chi connectivity index (χ3v) is 4.81. The fourth-order valence-electron chi connectivity index (χ4n) is 2.68. The van der Waals surface area contributed by atoms with E-state index in [1.807, 2.05) is 4.57 Å². The molecule has 0 bridgehead atoms. The molecule has 0 radical (unpaired) electrons. The average molecular weight is 377 g/mol. The number of halogens is 1. The zero-order chi connectivity index (χ0) is 18.7. The van der Waals surface area contributed by atoms with Gasteiger partial charge in [0.25, 0.3) is 0 Å². The first kappa shape index (κ1) is 18.4. The Morgan fingerprint density at radius 2 is 2.04 bits per heavy atom. The SMILES string of the molecule is CC(C)Cn1c(SCCN2C(=O)CNC2=O)nnc1-c1ccccc1F. The lowest BCUT2D eigenvalue weighted by Gasteiger charge is -2.14. The van der Waals surface area contributed by atoms with Crippen LogP contribution < -0.4 is 5.32 Å². The molecule has 0 unspecified atom stereocenters. The lowest BCUT2D eigenvalue weighted by atomic mass is 10.2. The maximum Gasteiger partial charge on any atom is 0.324 e. The second-order valence-electron chi connectivity index (χ2n) is 6.34. The normalized spacial score (nSPS) is 14.4. The second kappa shape index (κ2) is 7.86. The van der Waals surface area contributed by atoms with Gasteiger partial charge in [-0.15, -0.1) is 10.2 Å². The van der Waals surface area contributed by atoms with Gasteiger partial charge in [-0.1, -0.05) is 37.7 Å². The first-order valence-corrected chi connectivity index (χ1v) is 9.35. The molecule has 3 amide bonds. The molecule has 1 aromatic heterocycles. The van der Waals surface area contributed by atoms with Gasteiger partial charge in [-0.2, -0.15) is 0 Å². The number of hydrogen-bond donors (Lipinski definition) is 1. The summed E-state index contributed by atoms with van der Waals surface area (Å²) in [5, 5.41) is 11.5. The molecule has 138 valence electrons. The van der Waals surface area contributed by atoms with E-state index in [0.29, 0.717) is 41.3 Å². The number of carbonyl (C=O) groups excluding carboxylic acids is 2. The summed E-state index contributed by atoms with van der Waals surface area (Å²) in [6, 6.07) is 6.10. The van der Waals surface area contributed by atoms with Crippen LogP contribution in [-0.4, -0.2) is 50.4 Å². The van der Waals surface area contributed by atoms with Crippen LogP contribution in [-0.2, 0) is 11.3 Å². The Labute approximate surface area is 155 Å². The van der Waals surface area contributed by atoms with Gasteiger partial charge in [0.15, 0.2) is 11.0 Å². The monoisotopic (exact) mass is 377 g/mol. The molecule has 2 aromatic rings. The summed E-state index contributed by atoms with van der Waals surface area (Å²) in [6.07, 6.45) is 0. The Kier molecular flexibility index (Phi) is 5.55. The zero-order valence-corrected chi connectivity index (χ0v) is 15.4. The summed E-state index contributed by atoms with van der Waals surface area (Å²) in [5.41, 5.74) is 0.404. The quantitative estimate of drug-likeness (QED) is 0.592. The van der Waals surface area contributed by atoms with E-state index in [2.05, 4.69) is 29.4 Å². The minimum atomic E-state index is -0.369. The molecule has 7 nitrogen and oxygen atoms in total. The van der Waals surface area contributed by atoms with E-state index in [0.717, 1.165) is 0 Å². The highest BCUT2D eigenvalue weighted by Crippen LogP contribution is 2.27. The van der Waals surface area contributed by atoms with Crippen LogP contribution in [0.2, 0.25) is 0 Å². The third-order valence-electron chi connectivity index (χ3n) is 3.86. The number of aromatic nitrogens is 3. The van der Waals surface area contributed by atoms with E-state index in [1.165, 1.54) is 22.7 Å². The number of urea groups is 1. The molecule has 0 spiro atoms. The van der Waals surface area contributed by atoms with Crippen molar-refractivity contribution >= 4 is 23.7 Å². The minimum absolute atomic E-state index is 0.0461. The van der Waals surface area contributed by atoms with Gasteiger partial charge >= 0.3 is 6.03 Å². The van der Waals surface area contributed by atoms with Gasteiger partial charge in [0.05, 0.1) is 12.1 Å². The molecule has 2 heterocycles. The summed E-state index contributed by atoms with van der Waals surface area (Å²) >= 11 is 1.39. The molecule has 1 aromatic carbocycles. The Hall–Kier alpha value is -2.42. The van der Waals surface area contributed by atoms with Crippen LogP contribution in [0.1, 0.15) is 13.8 Å². The van der Waals surface area contributed by atoms with Crippen LogP contribution in [0.4, 0.5) is 9.18 Å². The van der Waals surface area contributed by atoms with Crippen molar-refractivity contribution in [3.8, 4) is 11.4 Å². The standard InChI is InChI=1S/C17H20FN5O2S/c1-11(2)10-23-15(12-5-3-4-6-13(12)18)20-21-17(23)26-8-7-22-14(24)9-19-16(22)25/h3-6,11H,7-10H2,1-2H3,(H,19,25). The molecule has 3 rings (SSSR count). The lowest BCUT2D eigenvalue weighted by Crippen LogP contribution is -2.32. The number of imide groups is 1. The summed E-state index contributed by atoms with van der Waals surface area (Å²) < 4.78 is 16.1. The maximum absolute atomic E-state index is 14.2. The second-order valence-corrected chi connectivity index (χ2v) is 7.41. The lowest BCUT2D eigenvalue weighted by molar-refractivity contribution is -0.124. The Bertz CT molecular complexity index is 807. The van der Waals surface area contributed by atoms with Crippen molar-refractivity contribution in [1.29, 1.82) is 0 Å². The topological polar surface area (TPSA) is 80.1 Å². The smallest absolute Gasteiger partial charge is 0.324 e. The molecular weight excluding hydrogens is 357 g/mol. The van der Waals surface area contributed by atoms with Crippen LogP contribution in [0, 0.1) is 11.7 Å². The van der Waals surface area contributed by atoms with E-state index < -0.39 is 0 Å². The molecule has 1 saturated heterocycles. The van der Waals surface area contributed by atoms with Crippen molar-refractivity contribution in [3.05, 3.63) is 30.1 Å². The van der Waals surface area contributed by atoms with Gasteiger partial charge in [-0.25, -0.2) is 9.18 Å². The molecular formula is C17H20FN5O2S. The predicted octanol–water partition coefficient (Wildman–Crippen LogP) is 2.38. The van der Waals surface area contributed by atoms with Gasteiger partial charge in [0, 0.05) is 18.8 Å². The van der Waals surface area contributed by atoms with Crippen molar-refractivity contribution in [2.24, 2.45) is 5.92 Å².